The molecule has 0 aliphatic carbocycles. The number of rotatable bonds is 5. The molecule has 3 aromatic rings. The van der Waals surface area contributed by atoms with Crippen molar-refractivity contribution in [3.8, 4) is 11.4 Å². The maximum absolute atomic E-state index is 4.66. The zero-order valence-electron chi connectivity index (χ0n) is 14.4. The minimum absolute atomic E-state index is 0.583. The van der Waals surface area contributed by atoms with E-state index >= 15 is 0 Å². The van der Waals surface area contributed by atoms with Gasteiger partial charge >= 0.3 is 0 Å². The third-order valence-corrected chi connectivity index (χ3v) is 4.23. The van der Waals surface area contributed by atoms with Crippen LogP contribution >= 0.6 is 11.3 Å². The van der Waals surface area contributed by atoms with Gasteiger partial charge in [0.05, 0.1) is 5.69 Å². The Balaban J connectivity index is 1.82. The molecule has 1 aromatic carbocycles. The first kappa shape index (κ1) is 16.5. The first-order chi connectivity index (χ1) is 11.5. The fourth-order valence-electron chi connectivity index (χ4n) is 2.51. The lowest BCUT2D eigenvalue weighted by molar-refractivity contribution is 0.402. The molecule has 2 heterocycles. The Hall–Kier alpha value is -2.31. The van der Waals surface area contributed by atoms with Gasteiger partial charge in [-0.25, -0.2) is 15.0 Å². The topological polar surface area (TPSA) is 53.9 Å². The maximum Gasteiger partial charge on any atom is 0.227 e. The van der Waals surface area contributed by atoms with Crippen molar-refractivity contribution >= 4 is 23.0 Å². The lowest BCUT2D eigenvalue weighted by Gasteiger charge is -2.08. The summed E-state index contributed by atoms with van der Waals surface area (Å²) in [5.74, 6) is 0.583. The van der Waals surface area contributed by atoms with Crippen LogP contribution < -0.4 is 5.32 Å². The molecule has 0 saturated carbocycles. The van der Waals surface area contributed by atoms with Gasteiger partial charge in [0.25, 0.3) is 0 Å². The highest BCUT2D eigenvalue weighted by Gasteiger charge is 2.08. The molecule has 5 nitrogen and oxygen atoms in total. The van der Waals surface area contributed by atoms with Crippen molar-refractivity contribution in [2.24, 2.45) is 0 Å². The predicted octanol–water partition coefficient (Wildman–Crippen LogP) is 4.02. The highest BCUT2D eigenvalue weighted by molar-refractivity contribution is 7.09. The van der Waals surface area contributed by atoms with E-state index in [-0.39, 0.29) is 0 Å². The molecule has 1 N–H and O–H groups in total. The first-order valence-corrected chi connectivity index (χ1v) is 8.65. The highest BCUT2D eigenvalue weighted by atomic mass is 32.1. The number of nitrogens with one attached hydrogen (secondary N) is 1. The number of anilines is 2. The summed E-state index contributed by atoms with van der Waals surface area (Å²) in [6.07, 6.45) is 1.76. The molecule has 6 heteroatoms. The van der Waals surface area contributed by atoms with E-state index in [2.05, 4.69) is 57.2 Å². The van der Waals surface area contributed by atoms with Gasteiger partial charge in [0, 0.05) is 23.8 Å². The molecular formula is C18H21N5S. The largest absolute Gasteiger partial charge is 0.324 e. The summed E-state index contributed by atoms with van der Waals surface area (Å²) in [5.41, 5.74) is 5.14. The Bertz CT molecular complexity index is 821. The fraction of sp³-hybridized carbons (Fsp3) is 0.278. The Labute approximate surface area is 146 Å². The lowest BCUT2D eigenvalue weighted by atomic mass is 10.1. The van der Waals surface area contributed by atoms with Gasteiger partial charge < -0.3 is 10.2 Å². The van der Waals surface area contributed by atoms with Crippen LogP contribution in [0.1, 0.15) is 16.1 Å². The molecule has 0 aliphatic heterocycles. The van der Waals surface area contributed by atoms with Crippen molar-refractivity contribution in [1.29, 1.82) is 0 Å². The average Bonchev–Trinajstić information content (AvgIpc) is 2.94. The van der Waals surface area contributed by atoms with E-state index in [1.165, 1.54) is 11.1 Å². The van der Waals surface area contributed by atoms with Crippen molar-refractivity contribution < 1.29 is 0 Å². The number of hydrogen-bond acceptors (Lipinski definition) is 6. The second-order valence-corrected chi connectivity index (χ2v) is 7.07. The Morgan fingerprint density at radius 3 is 2.50 bits per heavy atom. The number of aryl methyl sites for hydroxylation is 2. The number of benzene rings is 1. The summed E-state index contributed by atoms with van der Waals surface area (Å²) in [6, 6.07) is 8.20. The molecule has 0 radical (unpaired) electrons. The molecule has 24 heavy (non-hydrogen) atoms. The standard InChI is InChI=1S/C18H21N5S/c1-12-7-13(2)9-14(8-12)20-18-19-6-5-15(22-18)16-11-24-17(21-16)10-23(3)4/h5-9,11H,10H2,1-4H3,(H,19,20,22). The van der Waals surface area contributed by atoms with E-state index in [1.54, 1.807) is 17.5 Å². The number of nitrogens with zero attached hydrogens (tertiary/aromatic N) is 4. The van der Waals surface area contributed by atoms with Crippen LogP contribution in [0.5, 0.6) is 0 Å². The second-order valence-electron chi connectivity index (χ2n) is 6.13. The SMILES string of the molecule is Cc1cc(C)cc(Nc2nccc(-c3csc(CN(C)C)n3)n2)c1. The van der Waals surface area contributed by atoms with Crippen LogP contribution in [0.15, 0.2) is 35.8 Å². The van der Waals surface area contributed by atoms with Gasteiger partial charge in [-0.2, -0.15) is 0 Å². The summed E-state index contributed by atoms with van der Waals surface area (Å²) in [4.78, 5) is 15.7. The Morgan fingerprint density at radius 1 is 1.04 bits per heavy atom. The molecule has 0 bridgehead atoms. The lowest BCUT2D eigenvalue weighted by Crippen LogP contribution is -2.10. The monoisotopic (exact) mass is 339 g/mol. The molecule has 0 aliphatic rings. The van der Waals surface area contributed by atoms with Crippen LogP contribution in [0.3, 0.4) is 0 Å². The molecule has 0 saturated heterocycles. The van der Waals surface area contributed by atoms with Crippen molar-refractivity contribution in [2.45, 2.75) is 20.4 Å². The van der Waals surface area contributed by atoms with E-state index in [9.17, 15) is 0 Å². The highest BCUT2D eigenvalue weighted by Crippen LogP contribution is 2.23. The zero-order chi connectivity index (χ0) is 17.1. The van der Waals surface area contributed by atoms with Crippen LogP contribution in [0, 0.1) is 13.8 Å². The average molecular weight is 339 g/mol. The summed E-state index contributed by atoms with van der Waals surface area (Å²) in [7, 11) is 4.08. The Morgan fingerprint density at radius 2 is 1.79 bits per heavy atom. The molecule has 0 amide bonds. The van der Waals surface area contributed by atoms with Gasteiger partial charge in [0.15, 0.2) is 0 Å². The van der Waals surface area contributed by atoms with Crippen molar-refractivity contribution in [3.63, 3.8) is 0 Å². The maximum atomic E-state index is 4.66. The van der Waals surface area contributed by atoms with Crippen LogP contribution in [0.25, 0.3) is 11.4 Å². The summed E-state index contributed by atoms with van der Waals surface area (Å²) < 4.78 is 0. The predicted molar refractivity (Wildman–Crippen MR) is 99.7 cm³/mol. The van der Waals surface area contributed by atoms with Crippen LogP contribution in [-0.4, -0.2) is 33.9 Å². The smallest absolute Gasteiger partial charge is 0.227 e. The molecule has 0 fully saturated rings. The third-order valence-electron chi connectivity index (χ3n) is 3.40. The van der Waals surface area contributed by atoms with Crippen LogP contribution in [0.2, 0.25) is 0 Å². The normalized spacial score (nSPS) is 11.0. The van der Waals surface area contributed by atoms with Crippen molar-refractivity contribution in [1.82, 2.24) is 19.9 Å². The third kappa shape index (κ3) is 4.15. The molecular weight excluding hydrogens is 318 g/mol. The van der Waals surface area contributed by atoms with E-state index in [0.29, 0.717) is 5.95 Å². The van der Waals surface area contributed by atoms with Gasteiger partial charge in [0.2, 0.25) is 5.95 Å². The summed E-state index contributed by atoms with van der Waals surface area (Å²) in [5, 5.41) is 6.40. The van der Waals surface area contributed by atoms with E-state index in [4.69, 9.17) is 0 Å². The van der Waals surface area contributed by atoms with Crippen molar-refractivity contribution in [3.05, 3.63) is 52.0 Å². The molecule has 2 aromatic heterocycles. The molecule has 0 atom stereocenters. The molecule has 124 valence electrons. The van der Waals surface area contributed by atoms with Crippen LogP contribution in [-0.2, 0) is 6.54 Å². The quantitative estimate of drug-likeness (QED) is 0.761. The minimum atomic E-state index is 0.583. The molecule has 0 spiro atoms. The van der Waals surface area contributed by atoms with E-state index < -0.39 is 0 Å². The number of hydrogen-bond donors (Lipinski definition) is 1. The van der Waals surface area contributed by atoms with Gasteiger partial charge in [-0.3, -0.25) is 0 Å². The van der Waals surface area contributed by atoms with Gasteiger partial charge in [-0.1, -0.05) is 6.07 Å². The van der Waals surface area contributed by atoms with Gasteiger partial charge in [-0.05, 0) is 57.3 Å². The molecule has 3 rings (SSSR count). The second kappa shape index (κ2) is 7.07. The summed E-state index contributed by atoms with van der Waals surface area (Å²) in [6.45, 7) is 5.00. The first-order valence-electron chi connectivity index (χ1n) is 7.77. The van der Waals surface area contributed by atoms with Crippen LogP contribution in [0.4, 0.5) is 11.6 Å². The number of aromatic nitrogens is 3. The minimum Gasteiger partial charge on any atom is -0.324 e. The van der Waals surface area contributed by atoms with E-state index in [0.717, 1.165) is 28.6 Å². The van der Waals surface area contributed by atoms with Gasteiger partial charge in [-0.15, -0.1) is 11.3 Å². The fourth-order valence-corrected chi connectivity index (χ4v) is 3.41. The number of thiazole rings is 1. The zero-order valence-corrected chi connectivity index (χ0v) is 15.2. The van der Waals surface area contributed by atoms with Crippen molar-refractivity contribution in [2.75, 3.05) is 19.4 Å². The Kier molecular flexibility index (Phi) is 4.87. The van der Waals surface area contributed by atoms with E-state index in [1.807, 2.05) is 25.5 Å². The van der Waals surface area contributed by atoms with Gasteiger partial charge in [0.1, 0.15) is 10.7 Å². The summed E-state index contributed by atoms with van der Waals surface area (Å²) >= 11 is 1.65. The molecule has 0 unspecified atom stereocenters.